The van der Waals surface area contributed by atoms with Gasteiger partial charge in [-0.2, -0.15) is 0 Å². The lowest BCUT2D eigenvalue weighted by molar-refractivity contribution is -0.146. The van der Waals surface area contributed by atoms with E-state index in [1.54, 1.807) is 4.90 Å². The van der Waals surface area contributed by atoms with E-state index >= 15 is 0 Å². The van der Waals surface area contributed by atoms with Crippen LogP contribution in [0.25, 0.3) is 0 Å². The van der Waals surface area contributed by atoms with Gasteiger partial charge in [0.15, 0.2) is 0 Å². The summed E-state index contributed by atoms with van der Waals surface area (Å²) in [5.74, 6) is 0.0209. The lowest BCUT2D eigenvalue weighted by Gasteiger charge is -2.37. The molecule has 4 heteroatoms. The Labute approximate surface area is 120 Å². The van der Waals surface area contributed by atoms with Crippen LogP contribution in [0.5, 0.6) is 0 Å². The van der Waals surface area contributed by atoms with Crippen molar-refractivity contribution in [3.63, 3.8) is 0 Å². The van der Waals surface area contributed by atoms with Crippen LogP contribution in [-0.2, 0) is 9.59 Å². The zero-order chi connectivity index (χ0) is 14.5. The number of carbonyl (C=O) groups is 2. The molecule has 0 bridgehead atoms. The second-order valence-corrected chi connectivity index (χ2v) is 5.15. The second kappa shape index (κ2) is 6.55. The molecule has 4 nitrogen and oxygen atoms in total. The van der Waals surface area contributed by atoms with Crippen molar-refractivity contribution in [1.82, 2.24) is 10.2 Å². The van der Waals surface area contributed by atoms with Gasteiger partial charge in [0, 0.05) is 19.0 Å². The molecule has 0 saturated carbocycles. The average Bonchev–Trinajstić information content (AvgIpc) is 2.49. The zero-order valence-electron chi connectivity index (χ0n) is 12.1. The van der Waals surface area contributed by atoms with Gasteiger partial charge in [-0.15, -0.1) is 0 Å². The summed E-state index contributed by atoms with van der Waals surface area (Å²) >= 11 is 0. The van der Waals surface area contributed by atoms with Crippen molar-refractivity contribution in [3.8, 4) is 0 Å². The van der Waals surface area contributed by atoms with Crippen LogP contribution in [0.3, 0.4) is 0 Å². The summed E-state index contributed by atoms with van der Waals surface area (Å²) in [6.07, 6.45) is 1.63. The Bertz CT molecular complexity index is 469. The molecule has 1 aromatic carbocycles. The van der Waals surface area contributed by atoms with Gasteiger partial charge in [-0.1, -0.05) is 44.2 Å². The SMILES string of the molecule is CCC(CC)C(=O)N1CCNC(=O)C1c1ccccc1. The van der Waals surface area contributed by atoms with Crippen LogP contribution in [0.2, 0.25) is 0 Å². The molecule has 20 heavy (non-hydrogen) atoms. The number of amides is 2. The predicted molar refractivity (Wildman–Crippen MR) is 78.0 cm³/mol. The van der Waals surface area contributed by atoms with Crippen molar-refractivity contribution in [3.05, 3.63) is 35.9 Å². The third-order valence-corrected chi connectivity index (χ3v) is 3.95. The first-order valence-electron chi connectivity index (χ1n) is 7.32. The Hall–Kier alpha value is -1.84. The van der Waals surface area contributed by atoms with Crippen LogP contribution < -0.4 is 5.32 Å². The number of piperazine rings is 1. The minimum atomic E-state index is -0.488. The van der Waals surface area contributed by atoms with E-state index < -0.39 is 6.04 Å². The van der Waals surface area contributed by atoms with Gasteiger partial charge in [-0.3, -0.25) is 9.59 Å². The predicted octanol–water partition coefficient (Wildman–Crippen LogP) is 2.12. The van der Waals surface area contributed by atoms with E-state index in [9.17, 15) is 9.59 Å². The third-order valence-electron chi connectivity index (χ3n) is 3.95. The smallest absolute Gasteiger partial charge is 0.247 e. The van der Waals surface area contributed by atoms with Crippen LogP contribution in [0, 0.1) is 5.92 Å². The van der Waals surface area contributed by atoms with Crippen LogP contribution in [0.1, 0.15) is 38.3 Å². The Morgan fingerprint density at radius 1 is 1.30 bits per heavy atom. The number of rotatable bonds is 4. The van der Waals surface area contributed by atoms with E-state index in [1.807, 2.05) is 44.2 Å². The van der Waals surface area contributed by atoms with E-state index in [-0.39, 0.29) is 17.7 Å². The van der Waals surface area contributed by atoms with Crippen molar-refractivity contribution in [2.24, 2.45) is 5.92 Å². The van der Waals surface area contributed by atoms with Crippen molar-refractivity contribution in [2.75, 3.05) is 13.1 Å². The van der Waals surface area contributed by atoms with Crippen LogP contribution in [0.15, 0.2) is 30.3 Å². The Balaban J connectivity index is 2.29. The number of benzene rings is 1. The number of hydrogen-bond donors (Lipinski definition) is 1. The molecule has 1 heterocycles. The van der Waals surface area contributed by atoms with Crippen LogP contribution in [0.4, 0.5) is 0 Å². The highest BCUT2D eigenvalue weighted by Gasteiger charge is 2.36. The summed E-state index contributed by atoms with van der Waals surface area (Å²) in [5, 5.41) is 2.86. The molecule has 1 aromatic rings. The number of nitrogens with one attached hydrogen (secondary N) is 1. The van der Waals surface area contributed by atoms with Crippen molar-refractivity contribution in [2.45, 2.75) is 32.7 Å². The van der Waals surface area contributed by atoms with Crippen molar-refractivity contribution >= 4 is 11.8 Å². The highest BCUT2D eigenvalue weighted by molar-refractivity contribution is 5.90. The Kier molecular flexibility index (Phi) is 4.77. The standard InChI is InChI=1S/C16H22N2O2/c1-3-12(4-2)16(20)18-11-10-17-15(19)14(18)13-8-6-5-7-9-13/h5-9,12,14H,3-4,10-11H2,1-2H3,(H,17,19). The Morgan fingerprint density at radius 3 is 2.55 bits per heavy atom. The fourth-order valence-corrected chi connectivity index (χ4v) is 2.74. The maximum Gasteiger partial charge on any atom is 0.247 e. The van der Waals surface area contributed by atoms with Crippen molar-refractivity contribution in [1.29, 1.82) is 0 Å². The van der Waals surface area contributed by atoms with Crippen molar-refractivity contribution < 1.29 is 9.59 Å². The highest BCUT2D eigenvalue weighted by atomic mass is 16.2. The first kappa shape index (κ1) is 14.6. The minimum Gasteiger partial charge on any atom is -0.352 e. The van der Waals surface area contributed by atoms with E-state index in [0.29, 0.717) is 13.1 Å². The minimum absolute atomic E-state index is 0.00659. The zero-order valence-corrected chi connectivity index (χ0v) is 12.1. The molecule has 2 rings (SSSR count). The van der Waals surface area contributed by atoms with Crippen LogP contribution in [-0.4, -0.2) is 29.8 Å². The molecule has 1 aliphatic heterocycles. The third kappa shape index (κ3) is 2.84. The molecule has 1 aliphatic rings. The molecule has 1 N–H and O–H groups in total. The molecule has 0 spiro atoms. The molecule has 1 atom stereocenters. The van der Waals surface area contributed by atoms with E-state index in [1.165, 1.54) is 0 Å². The second-order valence-electron chi connectivity index (χ2n) is 5.15. The summed E-state index contributed by atoms with van der Waals surface area (Å²) in [6.45, 7) is 5.16. The van der Waals surface area contributed by atoms with Crippen LogP contribution >= 0.6 is 0 Å². The summed E-state index contributed by atoms with van der Waals surface area (Å²) < 4.78 is 0. The largest absolute Gasteiger partial charge is 0.352 e. The van der Waals surface area contributed by atoms with Gasteiger partial charge in [0.25, 0.3) is 0 Å². The lowest BCUT2D eigenvalue weighted by atomic mass is 9.97. The highest BCUT2D eigenvalue weighted by Crippen LogP contribution is 2.26. The molecule has 1 fully saturated rings. The number of nitrogens with zero attached hydrogens (tertiary/aromatic N) is 1. The summed E-state index contributed by atoms with van der Waals surface area (Å²) in [4.78, 5) is 26.6. The van der Waals surface area contributed by atoms with Gasteiger partial charge < -0.3 is 10.2 Å². The van der Waals surface area contributed by atoms with E-state index in [0.717, 1.165) is 18.4 Å². The van der Waals surface area contributed by atoms with Gasteiger partial charge in [-0.05, 0) is 18.4 Å². The fourth-order valence-electron chi connectivity index (χ4n) is 2.74. The molecule has 0 aliphatic carbocycles. The number of hydrogen-bond acceptors (Lipinski definition) is 2. The first-order chi connectivity index (χ1) is 9.69. The lowest BCUT2D eigenvalue weighted by Crippen LogP contribution is -2.53. The monoisotopic (exact) mass is 274 g/mol. The molecule has 108 valence electrons. The van der Waals surface area contributed by atoms with E-state index in [4.69, 9.17) is 0 Å². The molecule has 2 amide bonds. The molecular formula is C16H22N2O2. The molecule has 1 saturated heterocycles. The van der Waals surface area contributed by atoms with Gasteiger partial charge in [-0.25, -0.2) is 0 Å². The Morgan fingerprint density at radius 2 is 1.95 bits per heavy atom. The van der Waals surface area contributed by atoms with Gasteiger partial charge in [0.05, 0.1) is 0 Å². The maximum atomic E-state index is 12.6. The fraction of sp³-hybridized carbons (Fsp3) is 0.500. The average molecular weight is 274 g/mol. The topological polar surface area (TPSA) is 49.4 Å². The van der Waals surface area contributed by atoms with E-state index in [2.05, 4.69) is 5.32 Å². The van der Waals surface area contributed by atoms with Gasteiger partial charge >= 0.3 is 0 Å². The molecule has 1 unspecified atom stereocenters. The normalized spacial score (nSPS) is 19.1. The molecular weight excluding hydrogens is 252 g/mol. The first-order valence-corrected chi connectivity index (χ1v) is 7.32. The van der Waals surface area contributed by atoms with Gasteiger partial charge in [0.1, 0.15) is 6.04 Å². The quantitative estimate of drug-likeness (QED) is 0.914. The van der Waals surface area contributed by atoms with Gasteiger partial charge in [0.2, 0.25) is 11.8 Å². The molecule has 0 aromatic heterocycles. The summed E-state index contributed by atoms with van der Waals surface area (Å²) in [7, 11) is 0. The number of carbonyl (C=O) groups excluding carboxylic acids is 2. The summed E-state index contributed by atoms with van der Waals surface area (Å²) in [5.41, 5.74) is 0.879. The molecule has 0 radical (unpaired) electrons. The maximum absolute atomic E-state index is 12.6. The summed E-state index contributed by atoms with van der Waals surface area (Å²) in [6, 6.07) is 9.04.